The molecule has 0 aliphatic carbocycles. The first-order chi connectivity index (χ1) is 9.99. The molecule has 0 aliphatic rings. The third kappa shape index (κ3) is 4.48. The second-order valence-corrected chi connectivity index (χ2v) is 5.71. The Kier molecular flexibility index (Phi) is 5.70. The normalized spacial score (nSPS) is 12.4. The first-order valence-corrected chi connectivity index (χ1v) is 7.39. The van der Waals surface area contributed by atoms with Crippen molar-refractivity contribution in [3.8, 4) is 5.75 Å². The fourth-order valence-corrected chi connectivity index (χ4v) is 2.15. The van der Waals surface area contributed by atoms with Crippen molar-refractivity contribution in [1.29, 1.82) is 0 Å². The van der Waals surface area contributed by atoms with E-state index in [1.807, 2.05) is 14.0 Å². The Morgan fingerprint density at radius 1 is 1.24 bits per heavy atom. The summed E-state index contributed by atoms with van der Waals surface area (Å²) in [4.78, 5) is 4.24. The van der Waals surface area contributed by atoms with Crippen LogP contribution in [0.15, 0.2) is 16.7 Å². The average molecular weight is 351 g/mol. The molecule has 1 atom stereocenters. The maximum atomic E-state index is 6.02. The van der Waals surface area contributed by atoms with Crippen molar-refractivity contribution in [2.45, 2.75) is 26.0 Å². The fourth-order valence-electron chi connectivity index (χ4n) is 1.56. The molecule has 5 nitrogen and oxygen atoms in total. The maximum Gasteiger partial charge on any atom is 0.264 e. The second-order valence-electron chi connectivity index (χ2n) is 4.48. The van der Waals surface area contributed by atoms with E-state index in [1.165, 1.54) is 6.07 Å². The van der Waals surface area contributed by atoms with Crippen LogP contribution in [0.1, 0.15) is 18.6 Å². The number of hydrogen-bond acceptors (Lipinski definition) is 5. The van der Waals surface area contributed by atoms with Gasteiger partial charge in [0.25, 0.3) is 5.89 Å². The van der Waals surface area contributed by atoms with Gasteiger partial charge in [-0.25, -0.2) is 0 Å². The number of nitrogens with zero attached hydrogens (tertiary/aromatic N) is 2. The van der Waals surface area contributed by atoms with Crippen molar-refractivity contribution in [2.24, 2.45) is 0 Å². The van der Waals surface area contributed by atoms with Crippen molar-refractivity contribution in [2.75, 3.05) is 7.05 Å². The summed E-state index contributed by atoms with van der Waals surface area (Å²) in [5.74, 6) is 1.40. The van der Waals surface area contributed by atoms with Crippen LogP contribution in [0.2, 0.25) is 15.1 Å². The number of hydrogen-bond donors (Lipinski definition) is 1. The molecule has 0 saturated carbocycles. The smallest absolute Gasteiger partial charge is 0.264 e. The van der Waals surface area contributed by atoms with Gasteiger partial charge in [-0.05, 0) is 20.0 Å². The zero-order valence-corrected chi connectivity index (χ0v) is 13.8. The topological polar surface area (TPSA) is 60.2 Å². The SMILES string of the molecule is CNC(C)Cc1noc(COc2cc(Cl)c(Cl)cc2Cl)n1. The molecule has 1 heterocycles. The van der Waals surface area contributed by atoms with Gasteiger partial charge in [-0.15, -0.1) is 0 Å². The molecular formula is C13H14Cl3N3O2. The largest absolute Gasteiger partial charge is 0.482 e. The van der Waals surface area contributed by atoms with E-state index < -0.39 is 0 Å². The van der Waals surface area contributed by atoms with Crippen LogP contribution in [0.5, 0.6) is 5.75 Å². The fraction of sp³-hybridized carbons (Fsp3) is 0.385. The lowest BCUT2D eigenvalue weighted by atomic mass is 10.2. The lowest BCUT2D eigenvalue weighted by molar-refractivity contribution is 0.242. The van der Waals surface area contributed by atoms with Crippen LogP contribution in [-0.4, -0.2) is 23.2 Å². The minimum absolute atomic E-state index is 0.110. The third-order valence-electron chi connectivity index (χ3n) is 2.82. The Morgan fingerprint density at radius 2 is 1.95 bits per heavy atom. The molecule has 114 valence electrons. The molecule has 2 aromatic rings. The lowest BCUT2D eigenvalue weighted by Gasteiger charge is -2.07. The van der Waals surface area contributed by atoms with Crippen LogP contribution >= 0.6 is 34.8 Å². The van der Waals surface area contributed by atoms with Crippen LogP contribution in [0.3, 0.4) is 0 Å². The average Bonchev–Trinajstić information content (AvgIpc) is 2.88. The zero-order chi connectivity index (χ0) is 15.4. The van der Waals surface area contributed by atoms with Crippen LogP contribution in [0.25, 0.3) is 0 Å². The Labute approximate surface area is 137 Å². The van der Waals surface area contributed by atoms with Gasteiger partial charge in [0.2, 0.25) is 0 Å². The van der Waals surface area contributed by atoms with Crippen LogP contribution < -0.4 is 10.1 Å². The van der Waals surface area contributed by atoms with Crippen molar-refractivity contribution in [1.82, 2.24) is 15.5 Å². The third-order valence-corrected chi connectivity index (χ3v) is 3.84. The highest BCUT2D eigenvalue weighted by Crippen LogP contribution is 2.34. The number of halogens is 3. The lowest BCUT2D eigenvalue weighted by Crippen LogP contribution is -2.24. The van der Waals surface area contributed by atoms with E-state index in [0.717, 1.165) is 0 Å². The summed E-state index contributed by atoms with van der Waals surface area (Å²) in [6.45, 7) is 2.14. The summed E-state index contributed by atoms with van der Waals surface area (Å²) in [6.07, 6.45) is 0.674. The van der Waals surface area contributed by atoms with E-state index in [2.05, 4.69) is 15.5 Å². The predicted molar refractivity (Wildman–Crippen MR) is 82.3 cm³/mol. The quantitative estimate of drug-likeness (QED) is 0.804. The molecule has 1 aromatic carbocycles. The minimum atomic E-state index is 0.110. The Bertz CT molecular complexity index is 619. The standard InChI is InChI=1S/C13H14Cl3N3O2/c1-7(17-2)3-12-18-13(21-19-12)6-20-11-5-9(15)8(14)4-10(11)16/h4-5,7,17H,3,6H2,1-2H3. The van der Waals surface area contributed by atoms with Gasteiger partial charge in [-0.3, -0.25) is 0 Å². The number of rotatable bonds is 6. The molecule has 1 aromatic heterocycles. The molecule has 2 rings (SSSR count). The molecule has 0 saturated heterocycles. The summed E-state index contributed by atoms with van der Waals surface area (Å²) >= 11 is 17.8. The summed E-state index contributed by atoms with van der Waals surface area (Å²) < 4.78 is 10.6. The van der Waals surface area contributed by atoms with Gasteiger partial charge in [-0.2, -0.15) is 4.98 Å². The van der Waals surface area contributed by atoms with Crippen molar-refractivity contribution < 1.29 is 9.26 Å². The molecule has 21 heavy (non-hydrogen) atoms. The first kappa shape index (κ1) is 16.4. The van der Waals surface area contributed by atoms with E-state index in [4.69, 9.17) is 44.1 Å². The van der Waals surface area contributed by atoms with Gasteiger partial charge in [0.15, 0.2) is 12.4 Å². The van der Waals surface area contributed by atoms with Gasteiger partial charge >= 0.3 is 0 Å². The predicted octanol–water partition coefficient (Wildman–Crippen LogP) is 3.76. The van der Waals surface area contributed by atoms with Gasteiger partial charge in [0, 0.05) is 18.5 Å². The molecule has 0 spiro atoms. The van der Waals surface area contributed by atoms with Crippen LogP contribution in [0.4, 0.5) is 0 Å². The summed E-state index contributed by atoms with van der Waals surface area (Å²) in [7, 11) is 1.88. The summed E-state index contributed by atoms with van der Waals surface area (Å²) in [5.41, 5.74) is 0. The zero-order valence-electron chi connectivity index (χ0n) is 11.5. The highest BCUT2D eigenvalue weighted by atomic mass is 35.5. The summed E-state index contributed by atoms with van der Waals surface area (Å²) in [5, 5.41) is 8.09. The van der Waals surface area contributed by atoms with Gasteiger partial charge < -0.3 is 14.6 Å². The molecule has 0 amide bonds. The van der Waals surface area contributed by atoms with Gasteiger partial charge in [0.05, 0.1) is 15.1 Å². The van der Waals surface area contributed by atoms with Crippen LogP contribution in [-0.2, 0) is 13.0 Å². The molecule has 0 aliphatic heterocycles. The van der Waals surface area contributed by atoms with E-state index in [0.29, 0.717) is 39.0 Å². The first-order valence-electron chi connectivity index (χ1n) is 6.25. The van der Waals surface area contributed by atoms with Gasteiger partial charge in [-0.1, -0.05) is 40.0 Å². The van der Waals surface area contributed by atoms with Gasteiger partial charge in [0.1, 0.15) is 5.75 Å². The number of benzene rings is 1. The van der Waals surface area contributed by atoms with Crippen molar-refractivity contribution in [3.05, 3.63) is 38.9 Å². The Morgan fingerprint density at radius 3 is 2.67 bits per heavy atom. The summed E-state index contributed by atoms with van der Waals surface area (Å²) in [6, 6.07) is 3.34. The molecular weight excluding hydrogens is 337 g/mol. The van der Waals surface area contributed by atoms with Crippen molar-refractivity contribution >= 4 is 34.8 Å². The van der Waals surface area contributed by atoms with E-state index in [-0.39, 0.29) is 12.6 Å². The van der Waals surface area contributed by atoms with Crippen molar-refractivity contribution in [3.63, 3.8) is 0 Å². The highest BCUT2D eigenvalue weighted by Gasteiger charge is 2.12. The highest BCUT2D eigenvalue weighted by molar-refractivity contribution is 6.43. The molecule has 1 N–H and O–H groups in total. The molecule has 0 fully saturated rings. The molecule has 0 radical (unpaired) electrons. The molecule has 1 unspecified atom stereocenters. The number of likely N-dealkylation sites (N-methyl/N-ethyl adjacent to an activating group) is 1. The molecule has 0 bridgehead atoms. The Balaban J connectivity index is 1.99. The number of aromatic nitrogens is 2. The van der Waals surface area contributed by atoms with E-state index in [1.54, 1.807) is 6.07 Å². The monoisotopic (exact) mass is 349 g/mol. The molecule has 8 heteroatoms. The number of nitrogens with one attached hydrogen (secondary N) is 1. The Hall–Kier alpha value is -1.01. The number of ether oxygens (including phenoxy) is 1. The van der Waals surface area contributed by atoms with E-state index in [9.17, 15) is 0 Å². The van der Waals surface area contributed by atoms with Crippen LogP contribution in [0, 0.1) is 0 Å². The minimum Gasteiger partial charge on any atom is -0.482 e. The maximum absolute atomic E-state index is 6.02. The van der Waals surface area contributed by atoms with E-state index >= 15 is 0 Å². The second kappa shape index (κ2) is 7.31.